The molecule has 0 radical (unpaired) electrons. The maximum Gasteiger partial charge on any atom is 0.129 e. The lowest BCUT2D eigenvalue weighted by Crippen LogP contribution is -1.86. The predicted octanol–water partition coefficient (Wildman–Crippen LogP) is 2.25. The molecule has 0 fully saturated rings. The van der Waals surface area contributed by atoms with Crippen molar-refractivity contribution in [1.82, 2.24) is 4.98 Å². The van der Waals surface area contributed by atoms with Gasteiger partial charge in [0.05, 0.1) is 6.67 Å². The van der Waals surface area contributed by atoms with Crippen molar-refractivity contribution in [3.05, 3.63) is 29.0 Å². The number of aryl methyl sites for hydroxylation is 1. The van der Waals surface area contributed by atoms with Crippen LogP contribution >= 0.6 is 11.6 Å². The fourth-order valence-corrected chi connectivity index (χ4v) is 0.775. The molecule has 1 aromatic rings. The van der Waals surface area contributed by atoms with E-state index >= 15 is 0 Å². The van der Waals surface area contributed by atoms with Gasteiger partial charge in [-0.15, -0.1) is 0 Å². The van der Waals surface area contributed by atoms with Crippen LogP contribution in [0.25, 0.3) is 0 Å². The van der Waals surface area contributed by atoms with Crippen molar-refractivity contribution in [3.8, 4) is 0 Å². The van der Waals surface area contributed by atoms with Crippen molar-refractivity contribution < 1.29 is 4.39 Å². The van der Waals surface area contributed by atoms with E-state index in [4.69, 9.17) is 11.6 Å². The molecule has 0 N–H and O–H groups in total. The second kappa shape index (κ2) is 3.52. The maximum atomic E-state index is 11.7. The van der Waals surface area contributed by atoms with Gasteiger partial charge in [-0.05, 0) is 11.6 Å². The van der Waals surface area contributed by atoms with Crippen LogP contribution in [0.4, 0.5) is 4.39 Å². The van der Waals surface area contributed by atoms with E-state index in [9.17, 15) is 4.39 Å². The van der Waals surface area contributed by atoms with Gasteiger partial charge in [0.15, 0.2) is 0 Å². The van der Waals surface area contributed by atoms with E-state index in [-0.39, 0.29) is 6.67 Å². The largest absolute Gasteiger partial charge is 0.251 e. The summed E-state index contributed by atoms with van der Waals surface area (Å²) < 4.78 is 11.7. The molecular formula is C7H7ClFN. The highest BCUT2D eigenvalue weighted by Gasteiger charge is 1.91. The summed E-state index contributed by atoms with van der Waals surface area (Å²) in [6.45, 7) is -0.344. The van der Waals surface area contributed by atoms with Crippen LogP contribution in [0, 0.1) is 0 Å². The summed E-state index contributed by atoms with van der Waals surface area (Å²) in [5.41, 5.74) is 0.881. The highest BCUT2D eigenvalue weighted by molar-refractivity contribution is 6.29. The minimum absolute atomic E-state index is 0.344. The van der Waals surface area contributed by atoms with Gasteiger partial charge >= 0.3 is 0 Å². The molecule has 10 heavy (non-hydrogen) atoms. The molecule has 0 aliphatic heterocycles. The lowest BCUT2D eigenvalue weighted by molar-refractivity contribution is 0.495. The molecule has 0 atom stereocenters. The molecule has 3 heteroatoms. The molecule has 0 unspecified atom stereocenters. The quantitative estimate of drug-likeness (QED) is 0.604. The summed E-state index contributed by atoms with van der Waals surface area (Å²) in [4.78, 5) is 3.80. The zero-order chi connectivity index (χ0) is 7.40. The molecule has 0 spiro atoms. The van der Waals surface area contributed by atoms with Crippen molar-refractivity contribution in [1.29, 1.82) is 0 Å². The van der Waals surface area contributed by atoms with Crippen LogP contribution in [0.15, 0.2) is 18.3 Å². The SMILES string of the molecule is FCCc1ccc(Cl)nc1. The van der Waals surface area contributed by atoms with E-state index in [0.29, 0.717) is 11.6 Å². The molecule has 1 nitrogen and oxygen atoms in total. The van der Waals surface area contributed by atoms with Crippen LogP contribution in [-0.2, 0) is 6.42 Å². The minimum atomic E-state index is -0.344. The van der Waals surface area contributed by atoms with Gasteiger partial charge in [-0.25, -0.2) is 4.98 Å². The molecule has 0 aliphatic carbocycles. The molecule has 0 saturated carbocycles. The Labute approximate surface area is 63.8 Å². The number of rotatable bonds is 2. The smallest absolute Gasteiger partial charge is 0.129 e. The van der Waals surface area contributed by atoms with Gasteiger partial charge in [0.1, 0.15) is 5.15 Å². The highest BCUT2D eigenvalue weighted by atomic mass is 35.5. The molecule has 1 heterocycles. The number of aromatic nitrogens is 1. The molecule has 0 aliphatic rings. The van der Waals surface area contributed by atoms with Crippen LogP contribution < -0.4 is 0 Å². The second-order valence-corrected chi connectivity index (χ2v) is 2.32. The summed E-state index contributed by atoms with van der Waals surface area (Å²) in [5, 5.41) is 0.447. The number of alkyl halides is 1. The molecule has 54 valence electrons. The van der Waals surface area contributed by atoms with Crippen molar-refractivity contribution in [2.24, 2.45) is 0 Å². The van der Waals surface area contributed by atoms with Gasteiger partial charge in [0.25, 0.3) is 0 Å². The number of pyridine rings is 1. The average molecular weight is 160 g/mol. The Morgan fingerprint density at radius 3 is 2.80 bits per heavy atom. The molecule has 0 saturated heterocycles. The first kappa shape index (κ1) is 7.48. The average Bonchev–Trinajstić information content (AvgIpc) is 1.95. The van der Waals surface area contributed by atoms with Crippen LogP contribution in [0.5, 0.6) is 0 Å². The third kappa shape index (κ3) is 1.95. The Bertz CT molecular complexity index is 197. The van der Waals surface area contributed by atoms with E-state index in [1.807, 2.05) is 0 Å². The molecule has 0 amide bonds. The Balaban J connectivity index is 2.69. The second-order valence-electron chi connectivity index (χ2n) is 1.93. The fourth-order valence-electron chi connectivity index (χ4n) is 0.663. The number of halogens is 2. The number of nitrogens with zero attached hydrogens (tertiary/aromatic N) is 1. The van der Waals surface area contributed by atoms with E-state index < -0.39 is 0 Å². The third-order valence-corrected chi connectivity index (χ3v) is 1.40. The summed E-state index contributed by atoms with van der Waals surface area (Å²) in [7, 11) is 0. The Hall–Kier alpha value is -0.630. The maximum absolute atomic E-state index is 11.7. The third-order valence-electron chi connectivity index (χ3n) is 1.17. The van der Waals surface area contributed by atoms with Gasteiger partial charge in [0, 0.05) is 12.6 Å². The van der Waals surface area contributed by atoms with Crippen molar-refractivity contribution in [2.75, 3.05) is 6.67 Å². The minimum Gasteiger partial charge on any atom is -0.251 e. The van der Waals surface area contributed by atoms with Gasteiger partial charge in [0.2, 0.25) is 0 Å². The van der Waals surface area contributed by atoms with Crippen molar-refractivity contribution >= 4 is 11.6 Å². The Morgan fingerprint density at radius 1 is 1.50 bits per heavy atom. The van der Waals surface area contributed by atoms with E-state index in [1.165, 1.54) is 0 Å². The van der Waals surface area contributed by atoms with Gasteiger partial charge in [-0.2, -0.15) is 0 Å². The molecule has 1 rings (SSSR count). The van der Waals surface area contributed by atoms with Crippen LogP contribution in [0.1, 0.15) is 5.56 Å². The Kier molecular flexibility index (Phi) is 2.63. The lowest BCUT2D eigenvalue weighted by atomic mass is 10.2. The topological polar surface area (TPSA) is 12.9 Å². The molecule has 1 aromatic heterocycles. The zero-order valence-electron chi connectivity index (χ0n) is 5.35. The first-order chi connectivity index (χ1) is 4.83. The van der Waals surface area contributed by atoms with Gasteiger partial charge < -0.3 is 0 Å². The molecule has 0 aromatic carbocycles. The monoisotopic (exact) mass is 159 g/mol. The van der Waals surface area contributed by atoms with Gasteiger partial charge in [-0.3, -0.25) is 4.39 Å². The summed E-state index contributed by atoms with van der Waals surface area (Å²) in [5.74, 6) is 0. The predicted molar refractivity (Wildman–Crippen MR) is 38.9 cm³/mol. The summed E-state index contributed by atoms with van der Waals surface area (Å²) >= 11 is 5.51. The highest BCUT2D eigenvalue weighted by Crippen LogP contribution is 2.05. The van der Waals surface area contributed by atoms with E-state index in [2.05, 4.69) is 4.98 Å². The Morgan fingerprint density at radius 2 is 2.30 bits per heavy atom. The van der Waals surface area contributed by atoms with Crippen LogP contribution in [-0.4, -0.2) is 11.7 Å². The zero-order valence-corrected chi connectivity index (χ0v) is 6.11. The van der Waals surface area contributed by atoms with E-state index in [0.717, 1.165) is 5.56 Å². The van der Waals surface area contributed by atoms with Crippen molar-refractivity contribution in [2.45, 2.75) is 6.42 Å². The van der Waals surface area contributed by atoms with Gasteiger partial charge in [-0.1, -0.05) is 17.7 Å². The number of hydrogen-bond donors (Lipinski definition) is 0. The first-order valence-electron chi connectivity index (χ1n) is 2.99. The first-order valence-corrected chi connectivity index (χ1v) is 3.37. The standard InChI is InChI=1S/C7H7ClFN/c8-7-2-1-6(3-4-9)5-10-7/h1-2,5H,3-4H2. The van der Waals surface area contributed by atoms with Crippen LogP contribution in [0.3, 0.4) is 0 Å². The van der Waals surface area contributed by atoms with Crippen molar-refractivity contribution in [3.63, 3.8) is 0 Å². The number of hydrogen-bond acceptors (Lipinski definition) is 1. The van der Waals surface area contributed by atoms with Crippen LogP contribution in [0.2, 0.25) is 5.15 Å². The summed E-state index contributed by atoms with van der Waals surface area (Å²) in [6, 6.07) is 3.43. The fraction of sp³-hybridized carbons (Fsp3) is 0.286. The normalized spacial score (nSPS) is 9.80. The lowest BCUT2D eigenvalue weighted by Gasteiger charge is -1.94. The molecule has 0 bridgehead atoms. The summed E-state index contributed by atoms with van der Waals surface area (Å²) in [6.07, 6.45) is 2.01. The molecular weight excluding hydrogens is 153 g/mol. The van der Waals surface area contributed by atoms with E-state index in [1.54, 1.807) is 18.3 Å².